The van der Waals surface area contributed by atoms with Crippen LogP contribution in [0.3, 0.4) is 0 Å². The van der Waals surface area contributed by atoms with E-state index >= 15 is 0 Å². The van der Waals surface area contributed by atoms with Crippen molar-refractivity contribution in [2.75, 3.05) is 19.3 Å². The molecule has 0 bridgehead atoms. The van der Waals surface area contributed by atoms with E-state index in [2.05, 4.69) is 19.2 Å². The van der Waals surface area contributed by atoms with Crippen LogP contribution < -0.4 is 5.32 Å². The second-order valence-corrected chi connectivity index (χ2v) is 11.8. The van der Waals surface area contributed by atoms with Crippen molar-refractivity contribution < 1.29 is 18.0 Å². The monoisotopic (exact) mass is 535 g/mol. The number of amides is 2. The van der Waals surface area contributed by atoms with E-state index in [0.717, 1.165) is 28.1 Å². The van der Waals surface area contributed by atoms with Gasteiger partial charge in [-0.3, -0.25) is 9.59 Å². The van der Waals surface area contributed by atoms with E-state index in [-0.39, 0.29) is 25.5 Å². The summed E-state index contributed by atoms with van der Waals surface area (Å²) in [6, 6.07) is 26.8. The lowest BCUT2D eigenvalue weighted by atomic mass is 10.0. The molecule has 1 N–H and O–H groups in total. The number of hydrogen-bond donors (Lipinski definition) is 1. The van der Waals surface area contributed by atoms with Crippen molar-refractivity contribution in [1.82, 2.24) is 14.5 Å². The Bertz CT molecular complexity index is 1270. The molecule has 0 aliphatic rings. The van der Waals surface area contributed by atoms with Crippen LogP contribution in [0.2, 0.25) is 0 Å². The number of carbonyl (C=O) groups is 2. The predicted molar refractivity (Wildman–Crippen MR) is 150 cm³/mol. The lowest BCUT2D eigenvalue weighted by Gasteiger charge is -2.33. The highest BCUT2D eigenvalue weighted by Crippen LogP contribution is 2.25. The minimum absolute atomic E-state index is 0.0567. The minimum atomic E-state index is -3.71. The summed E-state index contributed by atoms with van der Waals surface area (Å²) in [4.78, 5) is 29.0. The largest absolute Gasteiger partial charge is 0.354 e. The number of rotatable bonds is 13. The van der Waals surface area contributed by atoms with Gasteiger partial charge in [0.1, 0.15) is 6.04 Å². The Morgan fingerprint density at radius 2 is 1.29 bits per heavy atom. The fourth-order valence-corrected chi connectivity index (χ4v) is 4.84. The van der Waals surface area contributed by atoms with Gasteiger partial charge >= 0.3 is 0 Å². The summed E-state index contributed by atoms with van der Waals surface area (Å²) in [5, 5.41) is 2.99. The first kappa shape index (κ1) is 29.1. The van der Waals surface area contributed by atoms with E-state index in [4.69, 9.17) is 0 Å². The molecule has 0 aliphatic heterocycles. The molecule has 0 saturated carbocycles. The minimum Gasteiger partial charge on any atom is -0.354 e. The fraction of sp³-hybridized carbons (Fsp3) is 0.333. The summed E-state index contributed by atoms with van der Waals surface area (Å²) in [6.07, 6.45) is 1.90. The number of sulfonamides is 1. The summed E-state index contributed by atoms with van der Waals surface area (Å²) >= 11 is 0. The van der Waals surface area contributed by atoms with E-state index in [1.54, 1.807) is 0 Å². The first-order valence-electron chi connectivity index (χ1n) is 12.8. The van der Waals surface area contributed by atoms with Crippen LogP contribution in [-0.4, -0.2) is 48.8 Å². The number of carbonyl (C=O) groups excluding carboxylic acids is 2. The van der Waals surface area contributed by atoms with Crippen LogP contribution in [0.25, 0.3) is 0 Å². The normalized spacial score (nSPS) is 12.3. The van der Waals surface area contributed by atoms with Crippen molar-refractivity contribution in [3.05, 3.63) is 108 Å². The Labute approximate surface area is 226 Å². The van der Waals surface area contributed by atoms with Crippen molar-refractivity contribution in [2.45, 2.75) is 39.4 Å². The third kappa shape index (κ3) is 8.82. The van der Waals surface area contributed by atoms with E-state index in [1.165, 1.54) is 4.90 Å². The molecule has 3 rings (SSSR count). The standard InChI is InChI=1S/C30H37N3O4S/c1-24(2)19-20-31-30(35)29(27-17-11-6-12-18-27)33(22-26-15-9-5-10-16-26)28(34)23-32(38(3,36)37)21-25-13-7-4-8-14-25/h4-18,24,29H,19-23H2,1-3H3,(H,31,35)/t29-/m1/s1. The zero-order chi connectivity index (χ0) is 27.5. The van der Waals surface area contributed by atoms with Gasteiger partial charge in [0.15, 0.2) is 0 Å². The molecule has 3 aromatic rings. The summed E-state index contributed by atoms with van der Waals surface area (Å²) < 4.78 is 26.6. The molecule has 1 atom stereocenters. The number of benzene rings is 3. The van der Waals surface area contributed by atoms with Gasteiger partial charge in [-0.1, -0.05) is 105 Å². The van der Waals surface area contributed by atoms with Gasteiger partial charge in [-0.15, -0.1) is 0 Å². The van der Waals surface area contributed by atoms with Crippen LogP contribution in [0.15, 0.2) is 91.0 Å². The zero-order valence-corrected chi connectivity index (χ0v) is 23.1. The number of nitrogens with zero attached hydrogens (tertiary/aromatic N) is 2. The first-order chi connectivity index (χ1) is 18.1. The first-order valence-corrected chi connectivity index (χ1v) is 14.6. The molecule has 7 nitrogen and oxygen atoms in total. The maximum absolute atomic E-state index is 13.9. The maximum Gasteiger partial charge on any atom is 0.247 e. The topological polar surface area (TPSA) is 86.8 Å². The highest BCUT2D eigenvalue weighted by Gasteiger charge is 2.33. The molecule has 0 heterocycles. The Kier molecular flexibility index (Phi) is 10.6. The fourth-order valence-electron chi connectivity index (χ4n) is 4.11. The Morgan fingerprint density at radius 1 is 0.789 bits per heavy atom. The predicted octanol–water partition coefficient (Wildman–Crippen LogP) is 4.38. The van der Waals surface area contributed by atoms with Gasteiger partial charge in [-0.05, 0) is 29.0 Å². The van der Waals surface area contributed by atoms with Gasteiger partial charge in [0.05, 0.1) is 12.8 Å². The van der Waals surface area contributed by atoms with Crippen molar-refractivity contribution >= 4 is 21.8 Å². The van der Waals surface area contributed by atoms with Crippen molar-refractivity contribution in [1.29, 1.82) is 0 Å². The molecule has 0 aromatic heterocycles. The molecule has 8 heteroatoms. The molecule has 0 fully saturated rings. The van der Waals surface area contributed by atoms with Gasteiger partial charge < -0.3 is 10.2 Å². The van der Waals surface area contributed by atoms with Gasteiger partial charge in [0.2, 0.25) is 21.8 Å². The summed E-state index contributed by atoms with van der Waals surface area (Å²) in [5.41, 5.74) is 2.27. The SMILES string of the molecule is CC(C)CCNC(=O)[C@@H](c1ccccc1)N(Cc1ccccc1)C(=O)CN(Cc1ccccc1)S(C)(=O)=O. The van der Waals surface area contributed by atoms with Crippen LogP contribution >= 0.6 is 0 Å². The molecular weight excluding hydrogens is 498 g/mol. The highest BCUT2D eigenvalue weighted by molar-refractivity contribution is 7.88. The third-order valence-electron chi connectivity index (χ3n) is 6.19. The van der Waals surface area contributed by atoms with Gasteiger partial charge in [0, 0.05) is 19.6 Å². The molecule has 0 aliphatic carbocycles. The van der Waals surface area contributed by atoms with E-state index in [1.807, 2.05) is 91.0 Å². The second-order valence-electron chi connectivity index (χ2n) is 9.81. The Morgan fingerprint density at radius 3 is 1.79 bits per heavy atom. The van der Waals surface area contributed by atoms with Gasteiger partial charge in [-0.2, -0.15) is 4.31 Å². The molecule has 0 unspecified atom stereocenters. The maximum atomic E-state index is 13.9. The molecule has 2 amide bonds. The lowest BCUT2D eigenvalue weighted by Crippen LogP contribution is -2.48. The highest BCUT2D eigenvalue weighted by atomic mass is 32.2. The molecule has 0 saturated heterocycles. The van der Waals surface area contributed by atoms with Crippen molar-refractivity contribution in [3.63, 3.8) is 0 Å². The van der Waals surface area contributed by atoms with Crippen molar-refractivity contribution in [2.24, 2.45) is 5.92 Å². The third-order valence-corrected chi connectivity index (χ3v) is 7.39. The molecule has 202 valence electrons. The number of hydrogen-bond acceptors (Lipinski definition) is 4. The summed E-state index contributed by atoms with van der Waals surface area (Å²) in [7, 11) is -3.71. The Hall–Kier alpha value is -3.49. The summed E-state index contributed by atoms with van der Waals surface area (Å²) in [6.45, 7) is 4.47. The van der Waals surface area contributed by atoms with Crippen LogP contribution in [0.1, 0.15) is 43.0 Å². The molecule has 0 radical (unpaired) electrons. The van der Waals surface area contributed by atoms with Gasteiger partial charge in [-0.25, -0.2) is 8.42 Å². The quantitative estimate of drug-likeness (QED) is 0.352. The Balaban J connectivity index is 1.97. The van der Waals surface area contributed by atoms with Crippen LogP contribution in [0.5, 0.6) is 0 Å². The average molecular weight is 536 g/mol. The summed E-state index contributed by atoms with van der Waals surface area (Å²) in [5.74, 6) is -0.341. The second kappa shape index (κ2) is 13.9. The smallest absolute Gasteiger partial charge is 0.247 e. The number of nitrogens with one attached hydrogen (secondary N) is 1. The van der Waals surface area contributed by atoms with Crippen LogP contribution in [0.4, 0.5) is 0 Å². The van der Waals surface area contributed by atoms with E-state index in [9.17, 15) is 18.0 Å². The zero-order valence-electron chi connectivity index (χ0n) is 22.3. The van der Waals surface area contributed by atoms with E-state index in [0.29, 0.717) is 18.0 Å². The lowest BCUT2D eigenvalue weighted by molar-refractivity contribution is -0.141. The van der Waals surface area contributed by atoms with Crippen LogP contribution in [0, 0.1) is 5.92 Å². The van der Waals surface area contributed by atoms with Crippen molar-refractivity contribution in [3.8, 4) is 0 Å². The molecular formula is C30H37N3O4S. The molecule has 0 spiro atoms. The average Bonchev–Trinajstić information content (AvgIpc) is 2.89. The van der Waals surface area contributed by atoms with Gasteiger partial charge in [0.25, 0.3) is 0 Å². The molecule has 38 heavy (non-hydrogen) atoms. The van der Waals surface area contributed by atoms with Crippen LogP contribution in [-0.2, 0) is 32.7 Å². The van der Waals surface area contributed by atoms with E-state index < -0.39 is 22.0 Å². The molecule has 3 aromatic carbocycles.